The summed E-state index contributed by atoms with van der Waals surface area (Å²) < 4.78 is 12.9. The van der Waals surface area contributed by atoms with Crippen LogP contribution in [0.4, 0.5) is 11.5 Å². The minimum absolute atomic E-state index is 0.0531. The molecule has 6 rings (SSSR count). The molecule has 228 valence electrons. The van der Waals surface area contributed by atoms with Gasteiger partial charge in [0.1, 0.15) is 18.3 Å². The molecule has 0 radical (unpaired) electrons. The molecule has 11 heteroatoms. The van der Waals surface area contributed by atoms with E-state index in [4.69, 9.17) is 19.4 Å². The number of ether oxygens (including phenoxy) is 2. The zero-order chi connectivity index (χ0) is 30.6. The van der Waals surface area contributed by atoms with Gasteiger partial charge in [0.25, 0.3) is 0 Å². The Hall–Kier alpha value is -4.42. The quantitative estimate of drug-likeness (QED) is 0.177. The van der Waals surface area contributed by atoms with E-state index in [0.29, 0.717) is 35.9 Å². The summed E-state index contributed by atoms with van der Waals surface area (Å²) in [5.74, 6) is 1.12. The van der Waals surface area contributed by atoms with Crippen molar-refractivity contribution in [2.45, 2.75) is 50.8 Å². The van der Waals surface area contributed by atoms with Crippen molar-refractivity contribution in [3.8, 4) is 0 Å². The zero-order valence-corrected chi connectivity index (χ0v) is 25.0. The van der Waals surface area contributed by atoms with Crippen LogP contribution in [0.3, 0.4) is 0 Å². The number of fused-ring (bicyclic) bond motifs is 1. The van der Waals surface area contributed by atoms with Crippen LogP contribution in [0.25, 0.3) is 11.2 Å². The van der Waals surface area contributed by atoms with E-state index in [9.17, 15) is 10.2 Å². The third kappa shape index (κ3) is 6.13. The van der Waals surface area contributed by atoms with Gasteiger partial charge in [-0.15, -0.1) is 0 Å². The predicted octanol–water partition coefficient (Wildman–Crippen LogP) is 3.96. The van der Waals surface area contributed by atoms with Gasteiger partial charge < -0.3 is 30.3 Å². The second-order valence-electron chi connectivity index (χ2n) is 11.0. The molecule has 0 saturated carbocycles. The number of hydrogen-bond acceptors (Lipinski definition) is 10. The summed E-state index contributed by atoms with van der Waals surface area (Å²) in [5.41, 5.74) is 6.06. The third-order valence-corrected chi connectivity index (χ3v) is 7.95. The van der Waals surface area contributed by atoms with Crippen molar-refractivity contribution in [1.29, 1.82) is 0 Å². The van der Waals surface area contributed by atoms with E-state index in [-0.39, 0.29) is 12.5 Å². The second-order valence-corrected chi connectivity index (χ2v) is 11.0. The normalized spacial score (nSPS) is 20.0. The van der Waals surface area contributed by atoms with Crippen molar-refractivity contribution in [1.82, 2.24) is 24.5 Å². The maximum atomic E-state index is 10.9. The Morgan fingerprint density at radius 3 is 2.25 bits per heavy atom. The van der Waals surface area contributed by atoms with Gasteiger partial charge in [0.05, 0.1) is 30.9 Å². The fraction of sp³-hybridized carbons (Fsp3) is 0.333. The molecule has 1 saturated heterocycles. The van der Waals surface area contributed by atoms with Gasteiger partial charge in [0.2, 0.25) is 0 Å². The summed E-state index contributed by atoms with van der Waals surface area (Å²) in [6, 6.07) is 24.6. The lowest BCUT2D eigenvalue weighted by Gasteiger charge is -2.20. The highest BCUT2D eigenvalue weighted by molar-refractivity contribution is 5.83. The number of anilines is 2. The number of hydrogen-bond donors (Lipinski definition) is 4. The Balaban J connectivity index is 1.36. The molecule has 1 aliphatic heterocycles. The molecule has 0 spiro atoms. The first-order valence-corrected chi connectivity index (χ1v) is 14.7. The van der Waals surface area contributed by atoms with E-state index < -0.39 is 24.5 Å². The van der Waals surface area contributed by atoms with Crippen molar-refractivity contribution >= 4 is 22.7 Å². The van der Waals surface area contributed by atoms with Gasteiger partial charge in [-0.2, -0.15) is 0 Å². The molecule has 4 N–H and O–H groups in total. The highest BCUT2D eigenvalue weighted by atomic mass is 16.6. The summed E-state index contributed by atoms with van der Waals surface area (Å²) in [4.78, 5) is 18.9. The Labute approximate surface area is 256 Å². The molecule has 0 bridgehead atoms. The minimum atomic E-state index is -1.19. The van der Waals surface area contributed by atoms with E-state index in [1.54, 1.807) is 10.9 Å². The van der Waals surface area contributed by atoms with E-state index in [2.05, 4.69) is 44.9 Å². The van der Waals surface area contributed by atoms with Crippen LogP contribution < -0.4 is 10.6 Å². The predicted molar refractivity (Wildman–Crippen MR) is 167 cm³/mol. The maximum absolute atomic E-state index is 10.9. The molecular weight excluding hydrogens is 558 g/mol. The Morgan fingerprint density at radius 1 is 0.886 bits per heavy atom. The summed E-state index contributed by atoms with van der Waals surface area (Å²) in [5, 5.41) is 28.5. The molecule has 4 unspecified atom stereocenters. The average molecular weight is 596 g/mol. The van der Waals surface area contributed by atoms with Gasteiger partial charge in [0.15, 0.2) is 29.0 Å². The first-order valence-electron chi connectivity index (χ1n) is 14.7. The van der Waals surface area contributed by atoms with Crippen molar-refractivity contribution in [3.05, 3.63) is 107 Å². The zero-order valence-electron chi connectivity index (χ0n) is 25.0. The summed E-state index contributed by atoms with van der Waals surface area (Å²) in [7, 11) is 1.52. The lowest BCUT2D eigenvalue weighted by Crippen LogP contribution is -2.33. The van der Waals surface area contributed by atoms with Crippen molar-refractivity contribution < 1.29 is 19.7 Å². The number of pyridine rings is 1. The summed E-state index contributed by atoms with van der Waals surface area (Å²) in [6.07, 6.45) is -2.33. The van der Waals surface area contributed by atoms with Crippen LogP contribution in [-0.2, 0) is 16.0 Å². The number of imidazole rings is 1. The lowest BCUT2D eigenvalue weighted by molar-refractivity contribution is -0.0580. The molecular formula is C33H37N7O4. The molecule has 4 atom stereocenters. The van der Waals surface area contributed by atoms with Crippen molar-refractivity contribution in [3.63, 3.8) is 0 Å². The molecule has 44 heavy (non-hydrogen) atoms. The monoisotopic (exact) mass is 595 g/mol. The molecule has 1 fully saturated rings. The molecule has 1 aliphatic rings. The molecule has 2 aromatic carbocycles. The number of methoxy groups -OCH3 is 1. The van der Waals surface area contributed by atoms with Crippen LogP contribution in [0.1, 0.15) is 40.5 Å². The van der Waals surface area contributed by atoms with Gasteiger partial charge >= 0.3 is 0 Å². The van der Waals surface area contributed by atoms with E-state index in [0.717, 1.165) is 17.1 Å². The minimum Gasteiger partial charge on any atom is -0.387 e. The van der Waals surface area contributed by atoms with Gasteiger partial charge in [-0.05, 0) is 37.1 Å². The van der Waals surface area contributed by atoms with E-state index >= 15 is 0 Å². The van der Waals surface area contributed by atoms with Crippen LogP contribution >= 0.6 is 0 Å². The van der Waals surface area contributed by atoms with Gasteiger partial charge in [-0.25, -0.2) is 15.0 Å². The number of aromatic nitrogens is 5. The topological polar surface area (TPSA) is 139 Å². The van der Waals surface area contributed by atoms with E-state index in [1.807, 2.05) is 62.4 Å². The van der Waals surface area contributed by atoms with Crippen LogP contribution in [0.15, 0.2) is 79.1 Å². The SMILES string of the molecule is COCC1OC(n2cnc3c(NCC(c4ccccc4)c4ccccc4)nc(CNc4ccc(C)nc4C)nc32)C(O)C1O. The van der Waals surface area contributed by atoms with Gasteiger partial charge in [0, 0.05) is 25.3 Å². The third-order valence-electron chi connectivity index (χ3n) is 7.95. The molecule has 4 heterocycles. The Bertz CT molecular complexity index is 1660. The maximum Gasteiger partial charge on any atom is 0.168 e. The first kappa shape index (κ1) is 29.6. The van der Waals surface area contributed by atoms with Crippen LogP contribution in [0.5, 0.6) is 0 Å². The Kier molecular flexibility index (Phi) is 8.80. The fourth-order valence-electron chi connectivity index (χ4n) is 5.66. The standard InChI is InChI=1S/C33H37N7O4/c1-20-14-15-25(21(2)37-20)34-17-27-38-31(35-16-24(22-10-6-4-7-11-22)23-12-8-5-9-13-23)28-32(39-27)40(19-36-28)33-30(42)29(41)26(44-33)18-43-3/h4-15,19,24,26,29-30,33-34,41-42H,16-18H2,1-3H3,(H,35,38,39). The molecule has 11 nitrogen and oxygen atoms in total. The number of nitrogens with zero attached hydrogens (tertiary/aromatic N) is 5. The first-order chi connectivity index (χ1) is 21.4. The molecule has 0 aliphatic carbocycles. The molecule has 5 aromatic rings. The number of rotatable bonds is 11. The lowest BCUT2D eigenvalue weighted by atomic mass is 9.91. The van der Waals surface area contributed by atoms with Crippen molar-refractivity contribution in [2.24, 2.45) is 0 Å². The van der Waals surface area contributed by atoms with E-state index in [1.165, 1.54) is 18.2 Å². The van der Waals surface area contributed by atoms with Crippen LogP contribution in [0, 0.1) is 13.8 Å². The number of aliphatic hydroxyl groups excluding tert-OH is 2. The van der Waals surface area contributed by atoms with Crippen LogP contribution in [0.2, 0.25) is 0 Å². The number of aryl methyl sites for hydroxylation is 2. The van der Waals surface area contributed by atoms with Gasteiger partial charge in [-0.1, -0.05) is 60.7 Å². The number of benzene rings is 2. The summed E-state index contributed by atoms with van der Waals surface area (Å²) >= 11 is 0. The van der Waals surface area contributed by atoms with Crippen molar-refractivity contribution in [2.75, 3.05) is 30.9 Å². The smallest absolute Gasteiger partial charge is 0.168 e. The fourth-order valence-corrected chi connectivity index (χ4v) is 5.66. The number of nitrogens with one attached hydrogen (secondary N) is 2. The highest BCUT2D eigenvalue weighted by Gasteiger charge is 2.44. The molecule has 0 amide bonds. The average Bonchev–Trinajstić information content (AvgIpc) is 3.58. The van der Waals surface area contributed by atoms with Crippen LogP contribution in [-0.4, -0.2) is 73.3 Å². The van der Waals surface area contributed by atoms with Gasteiger partial charge in [-0.3, -0.25) is 9.55 Å². The number of aliphatic hydroxyl groups is 2. The highest BCUT2D eigenvalue weighted by Crippen LogP contribution is 2.33. The Morgan fingerprint density at radius 2 is 1.59 bits per heavy atom. The summed E-state index contributed by atoms with van der Waals surface area (Å²) in [6.45, 7) is 4.93. The second kappa shape index (κ2) is 13.1. The molecule has 3 aromatic heterocycles. The largest absolute Gasteiger partial charge is 0.387 e.